The molecule has 4 rings (SSSR count). The van der Waals surface area contributed by atoms with E-state index in [2.05, 4.69) is 36.1 Å². The third-order valence-corrected chi connectivity index (χ3v) is 5.32. The summed E-state index contributed by atoms with van der Waals surface area (Å²) in [5.74, 6) is -0.0984. The molecule has 0 bridgehead atoms. The molecule has 9 nitrogen and oxygen atoms in total. The number of aliphatic hydroxyl groups excluding tert-OH is 1. The van der Waals surface area contributed by atoms with E-state index < -0.39 is 12.3 Å². The van der Waals surface area contributed by atoms with E-state index in [4.69, 9.17) is 6.42 Å². The number of carbonyl (C=O) groups excluding carboxylic acids is 1. The Bertz CT molecular complexity index is 1380. The highest BCUT2D eigenvalue weighted by Gasteiger charge is 2.43. The number of halogens is 2. The van der Waals surface area contributed by atoms with Gasteiger partial charge in [-0.05, 0) is 23.8 Å². The number of carbonyl (C=O) groups is 1. The number of terminal acetylenes is 1. The molecule has 0 saturated carbocycles. The SMILES string of the molecule is C#CN=C(N=C(CC)n1ccc(C(=O)NC(CO)c2ccccc2)c1)Nc1ccc2c(c1)OC(F)(F)O2. The van der Waals surface area contributed by atoms with Crippen LogP contribution in [0.5, 0.6) is 11.5 Å². The van der Waals surface area contributed by atoms with Gasteiger partial charge in [-0.15, -0.1) is 8.78 Å². The second-order valence-corrected chi connectivity index (χ2v) is 7.83. The molecule has 3 N–H and O–H groups in total. The topological polar surface area (TPSA) is 109 Å². The lowest BCUT2D eigenvalue weighted by atomic mass is 10.1. The summed E-state index contributed by atoms with van der Waals surface area (Å²) >= 11 is 0. The molecule has 1 aromatic heterocycles. The van der Waals surface area contributed by atoms with E-state index in [0.29, 0.717) is 23.5 Å². The lowest BCUT2D eigenvalue weighted by Crippen LogP contribution is -2.30. The Morgan fingerprint density at radius 2 is 1.95 bits per heavy atom. The summed E-state index contributed by atoms with van der Waals surface area (Å²) in [6.45, 7) is 1.60. The molecule has 1 aliphatic rings. The standard InChI is InChI=1S/C26H23F2N5O4/c1-3-23(32-25(29-4-2)30-19-10-11-21-22(14-19)37-26(27,28)36-21)33-13-12-18(15-33)24(35)31-20(16-34)17-8-6-5-7-9-17/h2,5-15,20,34H,3,16H2,1H3,(H,29,30)(H,31,35). The van der Waals surface area contributed by atoms with E-state index in [0.717, 1.165) is 5.56 Å². The van der Waals surface area contributed by atoms with Crippen LogP contribution in [0.15, 0.2) is 77.0 Å². The summed E-state index contributed by atoms with van der Waals surface area (Å²) in [6, 6.07) is 16.5. The van der Waals surface area contributed by atoms with E-state index in [1.807, 2.05) is 37.3 Å². The molecule has 3 aromatic rings. The minimum atomic E-state index is -3.74. The quantitative estimate of drug-likeness (QED) is 0.266. The van der Waals surface area contributed by atoms with Gasteiger partial charge in [0.1, 0.15) is 5.84 Å². The predicted octanol–water partition coefficient (Wildman–Crippen LogP) is 3.99. The van der Waals surface area contributed by atoms with Crippen molar-refractivity contribution in [3.05, 3.63) is 78.1 Å². The van der Waals surface area contributed by atoms with Crippen LogP contribution >= 0.6 is 0 Å². The van der Waals surface area contributed by atoms with Gasteiger partial charge in [0.25, 0.3) is 5.91 Å². The van der Waals surface area contributed by atoms with Gasteiger partial charge in [-0.25, -0.2) is 0 Å². The second kappa shape index (κ2) is 10.9. The number of benzene rings is 2. The zero-order chi connectivity index (χ0) is 26.4. The highest BCUT2D eigenvalue weighted by Crippen LogP contribution is 2.42. The number of aromatic nitrogens is 1. The van der Waals surface area contributed by atoms with E-state index in [1.54, 1.807) is 23.0 Å². The molecule has 2 aromatic carbocycles. The van der Waals surface area contributed by atoms with Crippen LogP contribution in [-0.4, -0.2) is 40.3 Å². The molecule has 11 heteroatoms. The smallest absolute Gasteiger partial charge is 0.395 e. The largest absolute Gasteiger partial charge is 0.586 e. The van der Waals surface area contributed by atoms with Crippen molar-refractivity contribution < 1.29 is 28.2 Å². The van der Waals surface area contributed by atoms with E-state index in [-0.39, 0.29) is 30.0 Å². The molecule has 190 valence electrons. The number of hydrogen-bond donors (Lipinski definition) is 3. The second-order valence-electron chi connectivity index (χ2n) is 7.83. The van der Waals surface area contributed by atoms with E-state index in [9.17, 15) is 18.7 Å². The number of nitrogens with one attached hydrogen (secondary N) is 2. The maximum Gasteiger partial charge on any atom is 0.586 e. The van der Waals surface area contributed by atoms with Crippen LogP contribution < -0.4 is 20.1 Å². The van der Waals surface area contributed by atoms with Gasteiger partial charge in [0, 0.05) is 36.6 Å². The van der Waals surface area contributed by atoms with Crippen molar-refractivity contribution in [1.29, 1.82) is 0 Å². The van der Waals surface area contributed by atoms with E-state index in [1.165, 1.54) is 18.2 Å². The number of fused-ring (bicyclic) bond motifs is 1. The molecule has 2 heterocycles. The Labute approximate surface area is 211 Å². The molecule has 0 spiro atoms. The van der Waals surface area contributed by atoms with Crippen LogP contribution in [0.2, 0.25) is 0 Å². The fourth-order valence-corrected chi connectivity index (χ4v) is 3.59. The number of aliphatic imine (C=N–C) groups is 2. The summed E-state index contributed by atoms with van der Waals surface area (Å²) in [7, 11) is 0. The highest BCUT2D eigenvalue weighted by molar-refractivity contribution is 6.04. The van der Waals surface area contributed by atoms with Crippen molar-refractivity contribution >= 4 is 23.4 Å². The van der Waals surface area contributed by atoms with Crippen LogP contribution in [0, 0.1) is 12.5 Å². The maximum absolute atomic E-state index is 13.3. The Hall–Kier alpha value is -4.69. The minimum absolute atomic E-state index is 0.0223. The molecule has 0 radical (unpaired) electrons. The lowest BCUT2D eigenvalue weighted by molar-refractivity contribution is -0.286. The number of anilines is 1. The van der Waals surface area contributed by atoms with Crippen LogP contribution in [0.1, 0.15) is 35.3 Å². The first-order valence-electron chi connectivity index (χ1n) is 11.2. The molecule has 1 atom stereocenters. The summed E-state index contributed by atoms with van der Waals surface area (Å²) < 4.78 is 37.1. The average molecular weight is 507 g/mol. The number of hydrogen-bond acceptors (Lipinski definition) is 5. The normalized spacial score (nSPS) is 15.1. The first kappa shape index (κ1) is 25.4. The fourth-order valence-electron chi connectivity index (χ4n) is 3.59. The lowest BCUT2D eigenvalue weighted by Gasteiger charge is -2.16. The Morgan fingerprint density at radius 3 is 2.65 bits per heavy atom. The third kappa shape index (κ3) is 6.12. The first-order valence-corrected chi connectivity index (χ1v) is 11.2. The zero-order valence-electron chi connectivity index (χ0n) is 19.7. The maximum atomic E-state index is 13.3. The van der Waals surface area contributed by atoms with Crippen LogP contribution in [-0.2, 0) is 0 Å². The molecule has 0 fully saturated rings. The summed E-state index contributed by atoms with van der Waals surface area (Å²) in [4.78, 5) is 21.1. The predicted molar refractivity (Wildman–Crippen MR) is 134 cm³/mol. The first-order chi connectivity index (χ1) is 17.8. The summed E-state index contributed by atoms with van der Waals surface area (Å²) in [6.07, 6.45) is 5.30. The number of alkyl halides is 2. The molecule has 1 unspecified atom stereocenters. The molecular weight excluding hydrogens is 484 g/mol. The Kier molecular flexibility index (Phi) is 7.50. The number of amides is 1. The van der Waals surface area contributed by atoms with Gasteiger partial charge in [-0.3, -0.25) is 4.79 Å². The molecule has 1 aliphatic heterocycles. The summed E-state index contributed by atoms with van der Waals surface area (Å²) in [5.41, 5.74) is 1.48. The van der Waals surface area contributed by atoms with E-state index >= 15 is 0 Å². The number of ether oxygens (including phenoxy) is 2. The molecule has 0 aliphatic carbocycles. The monoisotopic (exact) mass is 507 g/mol. The molecule has 1 amide bonds. The van der Waals surface area contributed by atoms with Gasteiger partial charge in [0.15, 0.2) is 11.5 Å². The molecule has 0 saturated heterocycles. The highest BCUT2D eigenvalue weighted by atomic mass is 19.3. The number of aliphatic hydroxyl groups is 1. The van der Waals surface area contributed by atoms with Gasteiger partial charge in [0.05, 0.1) is 18.2 Å². The van der Waals surface area contributed by atoms with Crippen molar-refractivity contribution in [1.82, 2.24) is 9.88 Å². The Morgan fingerprint density at radius 1 is 1.19 bits per heavy atom. The van der Waals surface area contributed by atoms with Crippen molar-refractivity contribution in [3.63, 3.8) is 0 Å². The van der Waals surface area contributed by atoms with Crippen LogP contribution in [0.3, 0.4) is 0 Å². The Balaban J connectivity index is 1.50. The molecule has 37 heavy (non-hydrogen) atoms. The van der Waals surface area contributed by atoms with Gasteiger partial charge < -0.3 is 29.8 Å². The van der Waals surface area contributed by atoms with Gasteiger partial charge >= 0.3 is 6.29 Å². The number of rotatable bonds is 6. The zero-order valence-corrected chi connectivity index (χ0v) is 19.7. The van der Waals surface area contributed by atoms with Gasteiger partial charge in [0.2, 0.25) is 5.96 Å². The fraction of sp³-hybridized carbons (Fsp3) is 0.192. The summed E-state index contributed by atoms with van der Waals surface area (Å²) in [5, 5.41) is 15.4. The minimum Gasteiger partial charge on any atom is -0.395 e. The average Bonchev–Trinajstić information content (AvgIpc) is 3.49. The van der Waals surface area contributed by atoms with Gasteiger partial charge in [-0.1, -0.05) is 43.7 Å². The third-order valence-electron chi connectivity index (χ3n) is 5.32. The van der Waals surface area contributed by atoms with Crippen LogP contribution in [0.4, 0.5) is 14.5 Å². The van der Waals surface area contributed by atoms with Crippen LogP contribution in [0.25, 0.3) is 0 Å². The van der Waals surface area contributed by atoms with Crippen molar-refractivity contribution in [3.8, 4) is 24.0 Å². The van der Waals surface area contributed by atoms with Crippen molar-refractivity contribution in [2.75, 3.05) is 11.9 Å². The van der Waals surface area contributed by atoms with Gasteiger partial charge in [-0.2, -0.15) is 9.98 Å². The number of guanidine groups is 1. The number of nitrogens with zero attached hydrogens (tertiary/aromatic N) is 3. The van der Waals surface area contributed by atoms with Crippen molar-refractivity contribution in [2.24, 2.45) is 9.98 Å². The van der Waals surface area contributed by atoms with Crippen molar-refractivity contribution in [2.45, 2.75) is 25.7 Å². The molecular formula is C26H23F2N5O4.